The average molecular weight is 306 g/mol. The molecular formula is C15H22F4N2. The molecule has 0 bridgehead atoms. The van der Waals surface area contributed by atoms with E-state index in [9.17, 15) is 17.6 Å². The molecule has 2 nitrogen and oxygen atoms in total. The summed E-state index contributed by atoms with van der Waals surface area (Å²) in [6, 6.07) is 2.58. The molecule has 120 valence electrons. The Balaban J connectivity index is 3.13. The number of alkyl halides is 3. The molecule has 1 unspecified atom stereocenters. The molecule has 1 aromatic carbocycles. The summed E-state index contributed by atoms with van der Waals surface area (Å²) in [6.07, 6.45) is -3.40. The Morgan fingerprint density at radius 2 is 1.90 bits per heavy atom. The molecule has 0 aliphatic rings. The number of anilines is 1. The molecule has 0 aliphatic carbocycles. The van der Waals surface area contributed by atoms with E-state index in [-0.39, 0.29) is 6.04 Å². The van der Waals surface area contributed by atoms with Gasteiger partial charge in [-0.1, -0.05) is 6.92 Å². The quantitative estimate of drug-likeness (QED) is 0.793. The van der Waals surface area contributed by atoms with Crippen molar-refractivity contribution < 1.29 is 17.6 Å². The highest BCUT2D eigenvalue weighted by Crippen LogP contribution is 2.30. The lowest BCUT2D eigenvalue weighted by atomic mass is 10.0. The molecular weight excluding hydrogens is 284 g/mol. The van der Waals surface area contributed by atoms with Crippen LogP contribution < -0.4 is 10.2 Å². The van der Waals surface area contributed by atoms with Gasteiger partial charge in [-0.2, -0.15) is 13.2 Å². The van der Waals surface area contributed by atoms with Crippen LogP contribution in [0.1, 0.15) is 37.4 Å². The lowest BCUT2D eigenvalue weighted by Crippen LogP contribution is -2.32. The molecule has 0 aliphatic heterocycles. The van der Waals surface area contributed by atoms with Gasteiger partial charge in [-0.15, -0.1) is 0 Å². The van der Waals surface area contributed by atoms with Crippen molar-refractivity contribution in [2.24, 2.45) is 0 Å². The van der Waals surface area contributed by atoms with Crippen LogP contribution in [-0.2, 0) is 0 Å². The summed E-state index contributed by atoms with van der Waals surface area (Å²) in [5.41, 5.74) is 1.28. The summed E-state index contributed by atoms with van der Waals surface area (Å²) in [6.45, 7) is 5.02. The van der Waals surface area contributed by atoms with Crippen LogP contribution >= 0.6 is 0 Å². The zero-order valence-corrected chi connectivity index (χ0v) is 12.8. The van der Waals surface area contributed by atoms with Gasteiger partial charge >= 0.3 is 6.18 Å². The molecule has 0 saturated heterocycles. The number of hydrogen-bond donors (Lipinski definition) is 1. The van der Waals surface area contributed by atoms with Crippen molar-refractivity contribution in [3.8, 4) is 0 Å². The van der Waals surface area contributed by atoms with E-state index in [1.165, 1.54) is 19.2 Å². The van der Waals surface area contributed by atoms with E-state index < -0.39 is 18.5 Å². The SMILES string of the molecule is CCCNC(C)c1cc(F)c(C)cc1N(C)CC(F)(F)F. The van der Waals surface area contributed by atoms with Gasteiger partial charge in [-0.3, -0.25) is 0 Å². The third-order valence-corrected chi connectivity index (χ3v) is 3.30. The first-order chi connectivity index (χ1) is 9.65. The fourth-order valence-electron chi connectivity index (χ4n) is 2.18. The molecule has 0 radical (unpaired) electrons. The molecule has 1 N–H and O–H groups in total. The second kappa shape index (κ2) is 7.11. The maximum Gasteiger partial charge on any atom is 0.405 e. The number of aryl methyl sites for hydroxylation is 1. The van der Waals surface area contributed by atoms with Crippen LogP contribution in [0, 0.1) is 12.7 Å². The smallest absolute Gasteiger partial charge is 0.365 e. The first-order valence-electron chi connectivity index (χ1n) is 6.97. The summed E-state index contributed by atoms with van der Waals surface area (Å²) in [4.78, 5) is 1.12. The second-order valence-electron chi connectivity index (χ2n) is 5.31. The van der Waals surface area contributed by atoms with Crippen molar-refractivity contribution in [3.63, 3.8) is 0 Å². The lowest BCUT2D eigenvalue weighted by Gasteiger charge is -2.27. The van der Waals surface area contributed by atoms with Gasteiger partial charge in [0.1, 0.15) is 12.4 Å². The first-order valence-corrected chi connectivity index (χ1v) is 6.97. The van der Waals surface area contributed by atoms with Gasteiger partial charge < -0.3 is 10.2 Å². The van der Waals surface area contributed by atoms with Gasteiger partial charge in [0, 0.05) is 18.8 Å². The number of nitrogens with one attached hydrogen (secondary N) is 1. The van der Waals surface area contributed by atoms with Crippen LogP contribution in [0.2, 0.25) is 0 Å². The van der Waals surface area contributed by atoms with Crippen LogP contribution in [0.25, 0.3) is 0 Å². The molecule has 0 heterocycles. The Bertz CT molecular complexity index is 471. The minimum Gasteiger partial charge on any atom is -0.365 e. The molecule has 0 aromatic heterocycles. The summed E-state index contributed by atoms with van der Waals surface area (Å²) in [5.74, 6) is -0.403. The fourth-order valence-corrected chi connectivity index (χ4v) is 2.18. The van der Waals surface area contributed by atoms with Crippen LogP contribution in [0.15, 0.2) is 12.1 Å². The summed E-state index contributed by atoms with van der Waals surface area (Å²) in [7, 11) is 1.37. The number of nitrogens with zero attached hydrogens (tertiary/aromatic N) is 1. The highest BCUT2D eigenvalue weighted by molar-refractivity contribution is 5.56. The molecule has 0 fully saturated rings. The third kappa shape index (κ3) is 5.19. The van der Waals surface area contributed by atoms with Crippen molar-refractivity contribution in [3.05, 3.63) is 29.1 Å². The van der Waals surface area contributed by atoms with E-state index in [1.807, 2.05) is 13.8 Å². The summed E-state index contributed by atoms with van der Waals surface area (Å²) < 4.78 is 51.5. The van der Waals surface area contributed by atoms with Crippen LogP contribution in [-0.4, -0.2) is 26.3 Å². The summed E-state index contributed by atoms with van der Waals surface area (Å²) >= 11 is 0. The zero-order chi connectivity index (χ0) is 16.2. The largest absolute Gasteiger partial charge is 0.405 e. The molecule has 1 rings (SSSR count). The Morgan fingerprint density at radius 1 is 1.29 bits per heavy atom. The monoisotopic (exact) mass is 306 g/mol. The minimum atomic E-state index is -4.30. The fraction of sp³-hybridized carbons (Fsp3) is 0.600. The van der Waals surface area contributed by atoms with Gasteiger partial charge in [-0.25, -0.2) is 4.39 Å². The van der Waals surface area contributed by atoms with Crippen LogP contribution in [0.3, 0.4) is 0 Å². The van der Waals surface area contributed by atoms with E-state index in [1.54, 1.807) is 6.92 Å². The Labute approximate surface area is 123 Å². The molecule has 6 heteroatoms. The number of rotatable bonds is 6. The van der Waals surface area contributed by atoms with E-state index in [2.05, 4.69) is 5.32 Å². The molecule has 0 amide bonds. The predicted molar refractivity (Wildman–Crippen MR) is 77.2 cm³/mol. The Hall–Kier alpha value is -1.30. The molecule has 21 heavy (non-hydrogen) atoms. The van der Waals surface area contributed by atoms with Crippen molar-refractivity contribution in [2.75, 3.05) is 25.0 Å². The highest BCUT2D eigenvalue weighted by Gasteiger charge is 2.30. The molecule has 0 saturated carbocycles. The second-order valence-corrected chi connectivity index (χ2v) is 5.31. The number of hydrogen-bond acceptors (Lipinski definition) is 2. The van der Waals surface area contributed by atoms with Crippen molar-refractivity contribution in [1.82, 2.24) is 5.32 Å². The van der Waals surface area contributed by atoms with Crippen molar-refractivity contribution in [1.29, 1.82) is 0 Å². The van der Waals surface area contributed by atoms with Gasteiger partial charge in [0.25, 0.3) is 0 Å². The van der Waals surface area contributed by atoms with Gasteiger partial charge in [-0.05, 0) is 50.1 Å². The van der Waals surface area contributed by atoms with E-state index in [0.29, 0.717) is 16.8 Å². The Kier molecular flexibility index (Phi) is 6.01. The zero-order valence-electron chi connectivity index (χ0n) is 12.8. The van der Waals surface area contributed by atoms with Gasteiger partial charge in [0.05, 0.1) is 0 Å². The highest BCUT2D eigenvalue weighted by atomic mass is 19.4. The van der Waals surface area contributed by atoms with Crippen molar-refractivity contribution in [2.45, 2.75) is 39.4 Å². The van der Waals surface area contributed by atoms with E-state index in [0.717, 1.165) is 17.9 Å². The van der Waals surface area contributed by atoms with E-state index in [4.69, 9.17) is 0 Å². The predicted octanol–water partition coefficient (Wildman–Crippen LogP) is 4.19. The standard InChI is InChI=1S/C15H22F4N2/c1-5-6-20-11(3)12-8-13(16)10(2)7-14(12)21(4)9-15(17,18)19/h7-8,11,20H,5-6,9H2,1-4H3. The molecule has 0 spiro atoms. The van der Waals surface area contributed by atoms with Crippen molar-refractivity contribution >= 4 is 5.69 Å². The first kappa shape index (κ1) is 17.8. The topological polar surface area (TPSA) is 15.3 Å². The van der Waals surface area contributed by atoms with E-state index >= 15 is 0 Å². The number of halogens is 4. The summed E-state index contributed by atoms with van der Waals surface area (Å²) in [5, 5.41) is 3.18. The molecule has 1 aromatic rings. The lowest BCUT2D eigenvalue weighted by molar-refractivity contribution is -0.119. The maximum absolute atomic E-state index is 13.8. The maximum atomic E-state index is 13.8. The molecule has 1 atom stereocenters. The third-order valence-electron chi connectivity index (χ3n) is 3.30. The van der Waals surface area contributed by atoms with Crippen LogP contribution in [0.5, 0.6) is 0 Å². The van der Waals surface area contributed by atoms with Crippen LogP contribution in [0.4, 0.5) is 23.2 Å². The number of benzene rings is 1. The normalized spacial score (nSPS) is 13.3. The average Bonchev–Trinajstić information content (AvgIpc) is 2.36. The van der Waals surface area contributed by atoms with Gasteiger partial charge in [0.15, 0.2) is 0 Å². The minimum absolute atomic E-state index is 0.217. The van der Waals surface area contributed by atoms with Gasteiger partial charge in [0.2, 0.25) is 0 Å². The Morgan fingerprint density at radius 3 is 2.43 bits per heavy atom.